The predicted octanol–water partition coefficient (Wildman–Crippen LogP) is 4.95. The molecule has 0 spiro atoms. The molecular formula is C23H17ClN2O3. The first kappa shape index (κ1) is 18.9. The molecule has 4 aromatic rings. The molecule has 0 saturated carbocycles. The first-order valence-electron chi connectivity index (χ1n) is 9.07. The molecule has 0 fully saturated rings. The number of H-pyrrole nitrogens is 1. The Labute approximate surface area is 172 Å². The Morgan fingerprint density at radius 2 is 1.59 bits per heavy atom. The van der Waals surface area contributed by atoms with Gasteiger partial charge in [0.05, 0.1) is 10.9 Å². The number of fused-ring (bicyclic) bond motifs is 1. The Bertz CT molecular complexity index is 1230. The smallest absolute Gasteiger partial charge is 0.258 e. The summed E-state index contributed by atoms with van der Waals surface area (Å²) in [7, 11) is 0. The van der Waals surface area contributed by atoms with Crippen LogP contribution in [-0.4, -0.2) is 15.8 Å². The van der Waals surface area contributed by atoms with Crippen LogP contribution >= 0.6 is 11.6 Å². The number of halogens is 1. The van der Waals surface area contributed by atoms with Crippen LogP contribution in [0.5, 0.6) is 5.75 Å². The van der Waals surface area contributed by atoms with Gasteiger partial charge >= 0.3 is 0 Å². The van der Waals surface area contributed by atoms with Gasteiger partial charge < -0.3 is 9.72 Å². The summed E-state index contributed by atoms with van der Waals surface area (Å²) in [5.74, 6) is 0.915. The van der Waals surface area contributed by atoms with E-state index in [1.807, 2.05) is 6.07 Å². The molecule has 1 heterocycles. The molecule has 6 heteroatoms. The fraction of sp³-hybridized carbons (Fsp3) is 0.0870. The van der Waals surface area contributed by atoms with Crippen LogP contribution in [0.2, 0.25) is 5.02 Å². The molecule has 0 aliphatic heterocycles. The molecule has 1 unspecified atom stereocenters. The standard InChI is InChI=1S/C23H17ClN2O3/c1-14(22-25-20-5-3-2-4-19(20)23(28)26-22)29-18-12-8-16(9-13-18)21(27)15-6-10-17(24)11-7-15/h2-14H,1H3,(H,25,26,28). The summed E-state index contributed by atoms with van der Waals surface area (Å²) in [5.41, 5.74) is 1.52. The van der Waals surface area contributed by atoms with Gasteiger partial charge in [0.25, 0.3) is 5.56 Å². The summed E-state index contributed by atoms with van der Waals surface area (Å²) in [5, 5.41) is 1.12. The highest BCUT2D eigenvalue weighted by Gasteiger charge is 2.14. The predicted molar refractivity (Wildman–Crippen MR) is 113 cm³/mol. The number of hydrogen-bond acceptors (Lipinski definition) is 4. The zero-order chi connectivity index (χ0) is 20.4. The van der Waals surface area contributed by atoms with Gasteiger partial charge in [0.15, 0.2) is 17.7 Å². The van der Waals surface area contributed by atoms with Crippen molar-refractivity contribution in [3.05, 3.63) is 105 Å². The average molecular weight is 405 g/mol. The van der Waals surface area contributed by atoms with Crippen molar-refractivity contribution in [2.45, 2.75) is 13.0 Å². The van der Waals surface area contributed by atoms with E-state index >= 15 is 0 Å². The van der Waals surface area contributed by atoms with Crippen molar-refractivity contribution >= 4 is 28.3 Å². The van der Waals surface area contributed by atoms with E-state index in [0.29, 0.717) is 38.6 Å². The summed E-state index contributed by atoms with van der Waals surface area (Å²) in [4.78, 5) is 32.0. The Hall–Kier alpha value is -3.44. The van der Waals surface area contributed by atoms with Crippen molar-refractivity contribution < 1.29 is 9.53 Å². The fourth-order valence-corrected chi connectivity index (χ4v) is 3.14. The number of para-hydroxylation sites is 1. The third-order valence-electron chi connectivity index (χ3n) is 4.55. The van der Waals surface area contributed by atoms with Crippen molar-refractivity contribution in [2.24, 2.45) is 0 Å². The maximum absolute atomic E-state index is 12.5. The summed E-state index contributed by atoms with van der Waals surface area (Å²) in [6.07, 6.45) is -0.467. The number of aromatic nitrogens is 2. The number of carbonyl (C=O) groups excluding carboxylic acids is 1. The number of nitrogens with one attached hydrogen (secondary N) is 1. The molecule has 0 aliphatic rings. The summed E-state index contributed by atoms with van der Waals surface area (Å²) >= 11 is 5.87. The van der Waals surface area contributed by atoms with Crippen molar-refractivity contribution in [3.8, 4) is 5.75 Å². The van der Waals surface area contributed by atoms with E-state index in [9.17, 15) is 9.59 Å². The van der Waals surface area contributed by atoms with Crippen LogP contribution in [0.25, 0.3) is 10.9 Å². The van der Waals surface area contributed by atoms with Crippen molar-refractivity contribution in [3.63, 3.8) is 0 Å². The lowest BCUT2D eigenvalue weighted by molar-refractivity contribution is 0.103. The maximum Gasteiger partial charge on any atom is 0.258 e. The Morgan fingerprint density at radius 3 is 2.28 bits per heavy atom. The quantitative estimate of drug-likeness (QED) is 0.478. The lowest BCUT2D eigenvalue weighted by Crippen LogP contribution is -2.16. The van der Waals surface area contributed by atoms with Crippen LogP contribution in [0, 0.1) is 0 Å². The highest BCUT2D eigenvalue weighted by molar-refractivity contribution is 6.30. The SMILES string of the molecule is CC(Oc1ccc(C(=O)c2ccc(Cl)cc2)cc1)c1nc2ccccc2c(=O)[nH]1. The molecular weight excluding hydrogens is 388 g/mol. The van der Waals surface area contributed by atoms with Gasteiger partial charge in [-0.05, 0) is 67.6 Å². The summed E-state index contributed by atoms with van der Waals surface area (Å²) < 4.78 is 5.90. The molecule has 3 aromatic carbocycles. The minimum Gasteiger partial charge on any atom is -0.483 e. The van der Waals surface area contributed by atoms with Gasteiger partial charge in [0.1, 0.15) is 5.75 Å². The van der Waals surface area contributed by atoms with Crippen LogP contribution in [-0.2, 0) is 0 Å². The van der Waals surface area contributed by atoms with E-state index in [1.165, 1.54) is 0 Å². The van der Waals surface area contributed by atoms with Gasteiger partial charge in [0, 0.05) is 16.1 Å². The summed E-state index contributed by atoms with van der Waals surface area (Å²) in [6.45, 7) is 1.81. The van der Waals surface area contributed by atoms with Crippen molar-refractivity contribution in [1.82, 2.24) is 9.97 Å². The minimum atomic E-state index is -0.467. The number of hydrogen-bond donors (Lipinski definition) is 1. The molecule has 1 N–H and O–H groups in total. The van der Waals surface area contributed by atoms with Gasteiger partial charge in [-0.15, -0.1) is 0 Å². The number of ketones is 1. The molecule has 0 radical (unpaired) electrons. The van der Waals surface area contributed by atoms with Crippen LogP contribution in [0.15, 0.2) is 77.6 Å². The molecule has 4 rings (SSSR count). The molecule has 29 heavy (non-hydrogen) atoms. The van der Waals surface area contributed by atoms with E-state index < -0.39 is 6.10 Å². The normalized spacial score (nSPS) is 11.9. The molecule has 144 valence electrons. The molecule has 1 aromatic heterocycles. The number of rotatable bonds is 5. The lowest BCUT2D eigenvalue weighted by atomic mass is 10.0. The van der Waals surface area contributed by atoms with Gasteiger partial charge in [0.2, 0.25) is 0 Å². The highest BCUT2D eigenvalue weighted by Crippen LogP contribution is 2.22. The summed E-state index contributed by atoms with van der Waals surface area (Å²) in [6, 6.07) is 20.8. The van der Waals surface area contributed by atoms with Gasteiger partial charge in [-0.2, -0.15) is 0 Å². The fourth-order valence-electron chi connectivity index (χ4n) is 3.01. The molecule has 1 atom stereocenters. The topological polar surface area (TPSA) is 72.0 Å². The first-order chi connectivity index (χ1) is 14.0. The second kappa shape index (κ2) is 7.89. The second-order valence-electron chi connectivity index (χ2n) is 6.59. The van der Waals surface area contributed by atoms with E-state index in [2.05, 4.69) is 9.97 Å². The first-order valence-corrected chi connectivity index (χ1v) is 9.45. The minimum absolute atomic E-state index is 0.0956. The van der Waals surface area contributed by atoms with Crippen LogP contribution in [0.3, 0.4) is 0 Å². The molecule has 0 bridgehead atoms. The molecule has 0 saturated heterocycles. The Balaban J connectivity index is 1.52. The van der Waals surface area contributed by atoms with Gasteiger partial charge in [-0.1, -0.05) is 23.7 Å². The third-order valence-corrected chi connectivity index (χ3v) is 4.80. The third kappa shape index (κ3) is 4.05. The Morgan fingerprint density at radius 1 is 0.966 bits per heavy atom. The maximum atomic E-state index is 12.5. The van der Waals surface area contributed by atoms with Crippen molar-refractivity contribution in [2.75, 3.05) is 0 Å². The van der Waals surface area contributed by atoms with E-state index in [1.54, 1.807) is 73.7 Å². The van der Waals surface area contributed by atoms with Gasteiger partial charge in [-0.3, -0.25) is 9.59 Å². The zero-order valence-corrected chi connectivity index (χ0v) is 16.3. The van der Waals surface area contributed by atoms with Crippen LogP contribution in [0.4, 0.5) is 0 Å². The Kier molecular flexibility index (Phi) is 5.14. The van der Waals surface area contributed by atoms with E-state index in [4.69, 9.17) is 16.3 Å². The number of carbonyl (C=O) groups is 1. The zero-order valence-electron chi connectivity index (χ0n) is 15.6. The van der Waals surface area contributed by atoms with Gasteiger partial charge in [-0.25, -0.2) is 4.98 Å². The van der Waals surface area contributed by atoms with Crippen LogP contribution in [0.1, 0.15) is 34.8 Å². The monoisotopic (exact) mass is 404 g/mol. The molecule has 0 amide bonds. The van der Waals surface area contributed by atoms with Crippen LogP contribution < -0.4 is 10.3 Å². The second-order valence-corrected chi connectivity index (χ2v) is 7.03. The highest BCUT2D eigenvalue weighted by atomic mass is 35.5. The number of nitrogens with zero attached hydrogens (tertiary/aromatic N) is 1. The number of aromatic amines is 1. The number of benzene rings is 3. The van der Waals surface area contributed by atoms with Crippen molar-refractivity contribution in [1.29, 1.82) is 0 Å². The lowest BCUT2D eigenvalue weighted by Gasteiger charge is -2.14. The van der Waals surface area contributed by atoms with E-state index in [0.717, 1.165) is 0 Å². The molecule has 5 nitrogen and oxygen atoms in total. The van der Waals surface area contributed by atoms with E-state index in [-0.39, 0.29) is 11.3 Å². The largest absolute Gasteiger partial charge is 0.483 e. The molecule has 0 aliphatic carbocycles. The average Bonchev–Trinajstić information content (AvgIpc) is 2.74. The number of ether oxygens (including phenoxy) is 1.